The van der Waals surface area contributed by atoms with Crippen molar-refractivity contribution in [3.63, 3.8) is 0 Å². The molecule has 1 aromatic heterocycles. The Kier molecular flexibility index (Phi) is 6.84. The van der Waals surface area contributed by atoms with E-state index in [4.69, 9.17) is 4.74 Å². The van der Waals surface area contributed by atoms with Crippen molar-refractivity contribution in [2.45, 2.75) is 19.4 Å². The molecule has 0 fully saturated rings. The summed E-state index contributed by atoms with van der Waals surface area (Å²) >= 11 is 5.07. The Morgan fingerprint density at radius 1 is 1.53 bits per heavy atom. The van der Waals surface area contributed by atoms with Gasteiger partial charge in [-0.05, 0) is 18.9 Å². The number of hydrogen-bond acceptors (Lipinski definition) is 5. The van der Waals surface area contributed by atoms with Crippen molar-refractivity contribution in [3.8, 4) is 0 Å². The summed E-state index contributed by atoms with van der Waals surface area (Å²) in [6, 6.07) is -0.169. The maximum absolute atomic E-state index is 11.9. The van der Waals surface area contributed by atoms with Crippen molar-refractivity contribution < 1.29 is 9.53 Å². The van der Waals surface area contributed by atoms with Crippen LogP contribution in [-0.2, 0) is 9.53 Å². The summed E-state index contributed by atoms with van der Waals surface area (Å²) in [5.41, 5.74) is 0. The summed E-state index contributed by atoms with van der Waals surface area (Å²) in [5, 5.41) is 4.07. The minimum atomic E-state index is -0.169. The molecule has 0 aromatic carbocycles. The quantitative estimate of drug-likeness (QED) is 0.592. The number of hydrogen-bond donors (Lipinski definition) is 0. The second kappa shape index (κ2) is 7.89. The zero-order valence-corrected chi connectivity index (χ0v) is 12.8. The molecule has 0 aliphatic heterocycles. The first-order chi connectivity index (χ1) is 8.20. The number of carbonyl (C=O) groups is 1. The van der Waals surface area contributed by atoms with Crippen LogP contribution in [0.1, 0.15) is 13.3 Å². The molecule has 1 heterocycles. The maximum Gasteiger partial charge on any atom is 0.375 e. The molecule has 0 aliphatic rings. The topological polar surface area (TPSA) is 29.3 Å². The Balaban J connectivity index is 2.91. The number of nitrogens with zero attached hydrogens (tertiary/aromatic N) is 1. The highest BCUT2D eigenvalue weighted by atomic mass is 32.2. The largest absolute Gasteiger partial charge is 0.461 e. The molecule has 6 heteroatoms. The second-order valence-corrected chi connectivity index (χ2v) is 6.47. The third-order valence-corrected chi connectivity index (χ3v) is 5.22. The third-order valence-electron chi connectivity index (χ3n) is 2.30. The van der Waals surface area contributed by atoms with Gasteiger partial charge in [0.15, 0.2) is 0 Å². The maximum atomic E-state index is 11.9. The molecule has 0 spiro atoms. The molecular weight excluding hydrogens is 274 g/mol. The smallest absolute Gasteiger partial charge is 0.375 e. The fraction of sp³-hybridized carbons (Fsp3) is 0.636. The van der Waals surface area contributed by atoms with Gasteiger partial charge in [0.05, 0.1) is 6.61 Å². The van der Waals surface area contributed by atoms with E-state index in [9.17, 15) is 4.79 Å². The van der Waals surface area contributed by atoms with Crippen LogP contribution in [0.25, 0.3) is 0 Å². The van der Waals surface area contributed by atoms with E-state index in [-0.39, 0.29) is 12.0 Å². The van der Waals surface area contributed by atoms with Gasteiger partial charge < -0.3 is 4.74 Å². The van der Waals surface area contributed by atoms with Crippen molar-refractivity contribution in [1.29, 1.82) is 0 Å². The summed E-state index contributed by atoms with van der Waals surface area (Å²) in [5.74, 6) is 0.841. The number of carbonyl (C=O) groups excluding carboxylic acids is 1. The third kappa shape index (κ3) is 4.44. The Bertz CT molecular complexity index is 394. The number of rotatable bonds is 6. The van der Waals surface area contributed by atoms with Crippen LogP contribution < -0.4 is 8.56 Å². The van der Waals surface area contributed by atoms with Crippen LogP contribution in [0.15, 0.2) is 10.8 Å². The Morgan fingerprint density at radius 3 is 2.71 bits per heavy atom. The van der Waals surface area contributed by atoms with E-state index in [0.717, 1.165) is 16.2 Å². The van der Waals surface area contributed by atoms with E-state index in [0.29, 0.717) is 6.61 Å². The molecule has 17 heavy (non-hydrogen) atoms. The fourth-order valence-corrected chi connectivity index (χ4v) is 3.71. The lowest BCUT2D eigenvalue weighted by Gasteiger charge is -2.10. The molecule has 0 saturated carbocycles. The minimum Gasteiger partial charge on any atom is -0.461 e. The predicted octanol–water partition coefficient (Wildman–Crippen LogP) is 1.90. The van der Waals surface area contributed by atoms with Crippen LogP contribution in [0, 0.1) is 0 Å². The van der Waals surface area contributed by atoms with Crippen LogP contribution in [0.3, 0.4) is 0 Å². The van der Waals surface area contributed by atoms with Gasteiger partial charge in [-0.3, -0.25) is 0 Å². The normalized spacial score (nSPS) is 12.2. The number of esters is 1. The first-order valence-electron chi connectivity index (χ1n) is 5.44. The zero-order valence-electron chi connectivity index (χ0n) is 10.3. The van der Waals surface area contributed by atoms with Crippen LogP contribution in [-0.4, -0.2) is 37.7 Å². The Morgan fingerprint density at radius 2 is 2.18 bits per heavy atom. The number of ether oxygens (including phenoxy) is 1. The molecule has 0 saturated heterocycles. The standard InChI is InChI=1S/C11H18NO2S3/c1-4-14-10(13)9(5-6-15-3)12(2)11-16-7-8-17-11/h7-9H,4-6H2,1-3H3/q+1. The molecule has 0 radical (unpaired) electrons. The lowest BCUT2D eigenvalue weighted by atomic mass is 10.2. The van der Waals surface area contributed by atoms with E-state index in [1.165, 1.54) is 0 Å². The molecule has 1 atom stereocenters. The zero-order chi connectivity index (χ0) is 12.7. The fourth-order valence-electron chi connectivity index (χ4n) is 1.43. The lowest BCUT2D eigenvalue weighted by Crippen LogP contribution is -2.41. The highest BCUT2D eigenvalue weighted by Gasteiger charge is 2.28. The van der Waals surface area contributed by atoms with Crippen molar-refractivity contribution in [2.24, 2.45) is 0 Å². The van der Waals surface area contributed by atoms with E-state index < -0.39 is 0 Å². The van der Waals surface area contributed by atoms with Gasteiger partial charge in [0.2, 0.25) is 0 Å². The Labute approximate surface area is 114 Å². The first kappa shape index (κ1) is 14.7. The monoisotopic (exact) mass is 292 g/mol. The van der Waals surface area contributed by atoms with Crippen LogP contribution >= 0.6 is 34.4 Å². The SMILES string of the molecule is CCOC(=O)C(CCSC)[N+](C)=c1sccs1. The summed E-state index contributed by atoms with van der Waals surface area (Å²) in [7, 11) is 1.96. The number of thioether (sulfide) groups is 1. The van der Waals surface area contributed by atoms with E-state index in [1.54, 1.807) is 34.4 Å². The van der Waals surface area contributed by atoms with E-state index >= 15 is 0 Å². The average molecular weight is 292 g/mol. The molecule has 0 bridgehead atoms. The van der Waals surface area contributed by atoms with Gasteiger partial charge in [0.1, 0.15) is 7.05 Å². The molecule has 1 unspecified atom stereocenters. The average Bonchev–Trinajstić information content (AvgIpc) is 2.83. The van der Waals surface area contributed by atoms with Crippen LogP contribution in [0.4, 0.5) is 0 Å². The summed E-state index contributed by atoms with van der Waals surface area (Å²) in [4.78, 5) is 11.9. The van der Waals surface area contributed by atoms with Crippen molar-refractivity contribution in [1.82, 2.24) is 4.58 Å². The molecule has 3 nitrogen and oxygen atoms in total. The summed E-state index contributed by atoms with van der Waals surface area (Å²) in [6.07, 6.45) is 2.87. The summed E-state index contributed by atoms with van der Waals surface area (Å²) in [6.45, 7) is 2.29. The highest BCUT2D eigenvalue weighted by molar-refractivity contribution is 7.98. The molecular formula is C11H18NO2S3+. The molecule has 1 aromatic rings. The van der Waals surface area contributed by atoms with E-state index in [1.807, 2.05) is 29.3 Å². The van der Waals surface area contributed by atoms with Crippen molar-refractivity contribution in [3.05, 3.63) is 14.7 Å². The predicted molar refractivity (Wildman–Crippen MR) is 76.8 cm³/mol. The second-order valence-electron chi connectivity index (χ2n) is 3.43. The molecule has 0 N–H and O–H groups in total. The van der Waals surface area contributed by atoms with Crippen LogP contribution in [0.2, 0.25) is 0 Å². The first-order valence-corrected chi connectivity index (χ1v) is 8.59. The van der Waals surface area contributed by atoms with Crippen molar-refractivity contribution in [2.75, 3.05) is 25.7 Å². The van der Waals surface area contributed by atoms with Gasteiger partial charge in [-0.25, -0.2) is 9.37 Å². The van der Waals surface area contributed by atoms with Gasteiger partial charge in [-0.1, -0.05) is 22.7 Å². The van der Waals surface area contributed by atoms with E-state index in [2.05, 4.69) is 6.26 Å². The van der Waals surface area contributed by atoms with Gasteiger partial charge >= 0.3 is 9.95 Å². The van der Waals surface area contributed by atoms with Gasteiger partial charge in [-0.15, -0.1) is 0 Å². The van der Waals surface area contributed by atoms with Gasteiger partial charge in [0.25, 0.3) is 6.04 Å². The van der Waals surface area contributed by atoms with Gasteiger partial charge in [-0.2, -0.15) is 11.8 Å². The van der Waals surface area contributed by atoms with Gasteiger partial charge in [0, 0.05) is 17.2 Å². The summed E-state index contributed by atoms with van der Waals surface area (Å²) < 4.78 is 8.31. The molecule has 96 valence electrons. The molecule has 1 rings (SSSR count). The lowest BCUT2D eigenvalue weighted by molar-refractivity contribution is -0.146. The highest BCUT2D eigenvalue weighted by Crippen LogP contribution is 2.05. The number of likely N-dealkylation sites (N-methyl/N-ethyl adjacent to an activating group) is 1. The molecule has 0 amide bonds. The Hall–Kier alpha value is -0.330. The minimum absolute atomic E-state index is 0.121. The van der Waals surface area contributed by atoms with Crippen LogP contribution in [0.5, 0.6) is 0 Å². The van der Waals surface area contributed by atoms with Crippen molar-refractivity contribution >= 4 is 40.4 Å². The molecule has 0 aliphatic carbocycles.